The third-order valence-corrected chi connectivity index (χ3v) is 3.01. The van der Waals surface area contributed by atoms with Gasteiger partial charge in [0.05, 0.1) is 13.2 Å². The van der Waals surface area contributed by atoms with E-state index in [1.165, 1.54) is 0 Å². The van der Waals surface area contributed by atoms with Gasteiger partial charge in [-0.1, -0.05) is 30.3 Å². The lowest BCUT2D eigenvalue weighted by molar-refractivity contribution is -0.132. The molecule has 16 heavy (non-hydrogen) atoms. The molecule has 2 rings (SSSR count). The highest BCUT2D eigenvalue weighted by Crippen LogP contribution is 2.24. The number of ether oxygens (including phenoxy) is 1. The Hall–Kier alpha value is -1.19. The van der Waals surface area contributed by atoms with Crippen LogP contribution in [-0.2, 0) is 16.1 Å². The molecular formula is C13H16O3. The highest BCUT2D eigenvalue weighted by molar-refractivity contribution is 5.87. The van der Waals surface area contributed by atoms with Gasteiger partial charge in [0, 0.05) is 5.92 Å². The van der Waals surface area contributed by atoms with Crippen molar-refractivity contribution in [3.63, 3.8) is 0 Å². The largest absolute Gasteiger partial charge is 0.396 e. The fourth-order valence-electron chi connectivity index (χ4n) is 2.02. The monoisotopic (exact) mass is 220 g/mol. The Labute approximate surface area is 95.0 Å². The molecule has 1 fully saturated rings. The number of rotatable bonds is 4. The van der Waals surface area contributed by atoms with Crippen LogP contribution in [0, 0.1) is 5.92 Å². The molecule has 0 spiro atoms. The van der Waals surface area contributed by atoms with Crippen molar-refractivity contribution >= 4 is 5.78 Å². The van der Waals surface area contributed by atoms with Crippen LogP contribution >= 0.6 is 0 Å². The van der Waals surface area contributed by atoms with Crippen LogP contribution in [0.1, 0.15) is 18.4 Å². The van der Waals surface area contributed by atoms with Crippen molar-refractivity contribution in [1.82, 2.24) is 0 Å². The van der Waals surface area contributed by atoms with Crippen LogP contribution in [0.5, 0.6) is 0 Å². The summed E-state index contributed by atoms with van der Waals surface area (Å²) in [7, 11) is 0. The summed E-state index contributed by atoms with van der Waals surface area (Å²) in [4.78, 5) is 11.7. The van der Waals surface area contributed by atoms with Gasteiger partial charge in [-0.05, 0) is 18.4 Å². The van der Waals surface area contributed by atoms with Crippen LogP contribution in [0.2, 0.25) is 0 Å². The lowest BCUT2D eigenvalue weighted by Crippen LogP contribution is -2.23. The second-order valence-electron chi connectivity index (χ2n) is 4.14. The average Bonchev–Trinajstić information content (AvgIpc) is 2.69. The van der Waals surface area contributed by atoms with Crippen LogP contribution in [0.15, 0.2) is 30.3 Å². The highest BCUT2D eigenvalue weighted by Gasteiger charge is 2.34. The van der Waals surface area contributed by atoms with Crippen molar-refractivity contribution in [2.45, 2.75) is 25.6 Å². The smallest absolute Gasteiger partial charge is 0.166 e. The Morgan fingerprint density at radius 3 is 2.62 bits per heavy atom. The first-order valence-electron chi connectivity index (χ1n) is 5.61. The lowest BCUT2D eigenvalue weighted by atomic mass is 10.1. The van der Waals surface area contributed by atoms with Gasteiger partial charge in [0.25, 0.3) is 0 Å². The Kier molecular flexibility index (Phi) is 3.70. The first kappa shape index (κ1) is 11.3. The van der Waals surface area contributed by atoms with E-state index in [0.29, 0.717) is 6.61 Å². The number of carbonyl (C=O) groups is 1. The van der Waals surface area contributed by atoms with Crippen LogP contribution in [0.3, 0.4) is 0 Å². The van der Waals surface area contributed by atoms with E-state index in [9.17, 15) is 4.79 Å². The van der Waals surface area contributed by atoms with Gasteiger partial charge < -0.3 is 9.84 Å². The van der Waals surface area contributed by atoms with E-state index in [0.717, 1.165) is 18.4 Å². The molecule has 2 atom stereocenters. The minimum atomic E-state index is -0.322. The van der Waals surface area contributed by atoms with Crippen molar-refractivity contribution in [3.8, 4) is 0 Å². The quantitative estimate of drug-likeness (QED) is 0.837. The fraction of sp³-hybridized carbons (Fsp3) is 0.462. The summed E-state index contributed by atoms with van der Waals surface area (Å²) in [6.45, 7) is 0.416. The third-order valence-electron chi connectivity index (χ3n) is 3.01. The minimum Gasteiger partial charge on any atom is -0.396 e. The van der Waals surface area contributed by atoms with E-state index >= 15 is 0 Å². The van der Waals surface area contributed by atoms with E-state index < -0.39 is 0 Å². The Morgan fingerprint density at radius 1 is 1.25 bits per heavy atom. The van der Waals surface area contributed by atoms with Crippen molar-refractivity contribution < 1.29 is 14.6 Å². The van der Waals surface area contributed by atoms with Gasteiger partial charge >= 0.3 is 0 Å². The maximum absolute atomic E-state index is 11.7. The number of aliphatic hydroxyl groups is 1. The Morgan fingerprint density at radius 2 is 2.00 bits per heavy atom. The van der Waals surface area contributed by atoms with Crippen LogP contribution in [-0.4, -0.2) is 23.6 Å². The SMILES string of the molecule is O=C1[C@H](CO)CC[C@H]1OCc1ccccc1. The van der Waals surface area contributed by atoms with Gasteiger partial charge in [0.2, 0.25) is 0 Å². The number of carbonyl (C=O) groups excluding carboxylic acids is 1. The molecule has 0 aromatic heterocycles. The van der Waals surface area contributed by atoms with E-state index in [2.05, 4.69) is 0 Å². The van der Waals surface area contributed by atoms with Crippen LogP contribution < -0.4 is 0 Å². The first-order valence-corrected chi connectivity index (χ1v) is 5.61. The van der Waals surface area contributed by atoms with E-state index in [-0.39, 0.29) is 24.4 Å². The van der Waals surface area contributed by atoms with Gasteiger partial charge in [-0.2, -0.15) is 0 Å². The third kappa shape index (κ3) is 2.49. The number of aliphatic hydroxyl groups excluding tert-OH is 1. The molecule has 1 aromatic carbocycles. The lowest BCUT2D eigenvalue weighted by Gasteiger charge is -2.10. The Bertz CT molecular complexity index is 347. The molecule has 0 saturated heterocycles. The summed E-state index contributed by atoms with van der Waals surface area (Å²) < 4.78 is 5.57. The van der Waals surface area contributed by atoms with Crippen molar-refractivity contribution in [3.05, 3.63) is 35.9 Å². The van der Waals surface area contributed by atoms with Gasteiger partial charge in [-0.15, -0.1) is 0 Å². The molecule has 1 N–H and O–H groups in total. The molecule has 1 saturated carbocycles. The number of benzene rings is 1. The molecule has 0 bridgehead atoms. The summed E-state index contributed by atoms with van der Waals surface area (Å²) in [6, 6.07) is 9.80. The standard InChI is InChI=1S/C13H16O3/c14-8-11-6-7-12(13(11)15)16-9-10-4-2-1-3-5-10/h1-5,11-12,14H,6-9H2/t11-,12+/m0/s1. The first-order chi connectivity index (χ1) is 7.81. The molecule has 0 aliphatic heterocycles. The molecule has 3 heteroatoms. The molecule has 3 nitrogen and oxygen atoms in total. The number of hydrogen-bond acceptors (Lipinski definition) is 3. The van der Waals surface area contributed by atoms with Crippen molar-refractivity contribution in [2.24, 2.45) is 5.92 Å². The van der Waals surface area contributed by atoms with E-state index in [1.54, 1.807) is 0 Å². The van der Waals surface area contributed by atoms with E-state index in [4.69, 9.17) is 9.84 Å². The molecule has 1 aromatic rings. The summed E-state index contributed by atoms with van der Waals surface area (Å²) in [5, 5.41) is 8.96. The zero-order chi connectivity index (χ0) is 11.4. The molecule has 0 heterocycles. The highest BCUT2D eigenvalue weighted by atomic mass is 16.5. The number of hydrogen-bond donors (Lipinski definition) is 1. The van der Waals surface area contributed by atoms with Crippen LogP contribution in [0.25, 0.3) is 0 Å². The summed E-state index contributed by atoms with van der Waals surface area (Å²) in [5.74, 6) is -0.154. The van der Waals surface area contributed by atoms with E-state index in [1.807, 2.05) is 30.3 Å². The molecule has 0 amide bonds. The van der Waals surface area contributed by atoms with Crippen molar-refractivity contribution in [1.29, 1.82) is 0 Å². The van der Waals surface area contributed by atoms with Crippen LogP contribution in [0.4, 0.5) is 0 Å². The molecule has 1 aliphatic rings. The predicted molar refractivity (Wildman–Crippen MR) is 59.8 cm³/mol. The van der Waals surface area contributed by atoms with Crippen molar-refractivity contribution in [2.75, 3.05) is 6.61 Å². The minimum absolute atomic E-state index is 0.0516. The van der Waals surface area contributed by atoms with Gasteiger partial charge in [-0.25, -0.2) is 0 Å². The van der Waals surface area contributed by atoms with Gasteiger partial charge in [0.1, 0.15) is 6.10 Å². The fourth-order valence-corrected chi connectivity index (χ4v) is 2.02. The molecule has 0 unspecified atom stereocenters. The maximum Gasteiger partial charge on any atom is 0.166 e. The predicted octanol–water partition coefficient (Wildman–Crippen LogP) is 1.54. The second-order valence-corrected chi connectivity index (χ2v) is 4.14. The van der Waals surface area contributed by atoms with Gasteiger partial charge in [-0.3, -0.25) is 4.79 Å². The maximum atomic E-state index is 11.7. The average molecular weight is 220 g/mol. The second kappa shape index (κ2) is 5.23. The number of ketones is 1. The Balaban J connectivity index is 1.86. The summed E-state index contributed by atoms with van der Waals surface area (Å²) in [5.41, 5.74) is 1.07. The normalized spacial score (nSPS) is 24.9. The molecule has 1 aliphatic carbocycles. The molecule has 0 radical (unpaired) electrons. The summed E-state index contributed by atoms with van der Waals surface area (Å²) >= 11 is 0. The van der Waals surface area contributed by atoms with Gasteiger partial charge in [0.15, 0.2) is 5.78 Å². The molecule has 86 valence electrons. The zero-order valence-electron chi connectivity index (χ0n) is 9.13. The summed E-state index contributed by atoms with van der Waals surface area (Å²) in [6.07, 6.45) is 1.16. The zero-order valence-corrected chi connectivity index (χ0v) is 9.13. The topological polar surface area (TPSA) is 46.5 Å². The molecular weight excluding hydrogens is 204 g/mol. The number of Topliss-reactive ketones (excluding diaryl/α,β-unsaturated/α-hetero) is 1.